The molecule has 0 radical (unpaired) electrons. The second-order valence-corrected chi connectivity index (χ2v) is 9.03. The van der Waals surface area contributed by atoms with Gasteiger partial charge in [0.05, 0.1) is 24.5 Å². The van der Waals surface area contributed by atoms with Gasteiger partial charge in [-0.3, -0.25) is 13.9 Å². The van der Waals surface area contributed by atoms with Crippen molar-refractivity contribution in [2.24, 2.45) is 5.92 Å². The van der Waals surface area contributed by atoms with Crippen molar-refractivity contribution in [1.29, 1.82) is 0 Å². The second-order valence-electron chi connectivity index (χ2n) is 7.17. The minimum absolute atomic E-state index is 0.202. The Kier molecular flexibility index (Phi) is 7.46. The summed E-state index contributed by atoms with van der Waals surface area (Å²) in [4.78, 5) is 26.8. The molecule has 0 aromatic heterocycles. The largest absolute Gasteiger partial charge is 0.466 e. The number of nitrogens with zero attached hydrogens (tertiary/aromatic N) is 2. The van der Waals surface area contributed by atoms with Gasteiger partial charge >= 0.3 is 5.97 Å². The summed E-state index contributed by atoms with van der Waals surface area (Å²) in [6.07, 6.45) is 2.55. The maximum atomic E-state index is 13.2. The third-order valence-corrected chi connectivity index (χ3v) is 6.17. The molecule has 7 nitrogen and oxygen atoms in total. The van der Waals surface area contributed by atoms with E-state index in [9.17, 15) is 18.0 Å². The summed E-state index contributed by atoms with van der Waals surface area (Å²) in [5.74, 6) is -0.650. The summed E-state index contributed by atoms with van der Waals surface area (Å²) in [6.45, 7) is 6.65. The highest BCUT2D eigenvalue weighted by Crippen LogP contribution is 2.26. The molecule has 156 valence electrons. The summed E-state index contributed by atoms with van der Waals surface area (Å²) in [5.41, 5.74) is 1.41. The zero-order valence-corrected chi connectivity index (χ0v) is 17.9. The predicted octanol–water partition coefficient (Wildman–Crippen LogP) is 2.34. The molecule has 2 rings (SSSR count). The molecule has 1 fully saturated rings. The lowest BCUT2D eigenvalue weighted by Crippen LogP contribution is -2.52. The molecule has 0 spiro atoms. The summed E-state index contributed by atoms with van der Waals surface area (Å²) in [5, 5.41) is 0. The number of amides is 1. The Hall–Kier alpha value is -2.09. The number of sulfonamides is 1. The van der Waals surface area contributed by atoms with E-state index < -0.39 is 16.1 Å². The van der Waals surface area contributed by atoms with E-state index >= 15 is 0 Å². The Labute approximate surface area is 167 Å². The number of rotatable bonds is 7. The maximum absolute atomic E-state index is 13.2. The summed E-state index contributed by atoms with van der Waals surface area (Å²) < 4.78 is 31.4. The number of anilines is 1. The summed E-state index contributed by atoms with van der Waals surface area (Å²) >= 11 is 0. The standard InChI is InChI=1S/C20H30N2O5S/c1-5-18(22(28(4,25)26)17-9-7-8-15(3)14-17)19(23)21-12-10-16(11-13-21)20(24)27-6-2/h7-9,14,16,18H,5-6,10-13H2,1-4H3/t18-/m0/s1. The highest BCUT2D eigenvalue weighted by Gasteiger charge is 2.36. The number of piperidine rings is 1. The van der Waals surface area contributed by atoms with Crippen LogP contribution >= 0.6 is 0 Å². The van der Waals surface area contributed by atoms with Crippen LogP contribution in [-0.2, 0) is 24.3 Å². The van der Waals surface area contributed by atoms with E-state index in [-0.39, 0.29) is 17.8 Å². The summed E-state index contributed by atoms with van der Waals surface area (Å²) in [7, 11) is -3.65. The molecule has 1 heterocycles. The van der Waals surface area contributed by atoms with E-state index in [2.05, 4.69) is 0 Å². The van der Waals surface area contributed by atoms with Crippen LogP contribution in [0.5, 0.6) is 0 Å². The lowest BCUT2D eigenvalue weighted by Gasteiger charge is -2.37. The average Bonchev–Trinajstić information content (AvgIpc) is 2.64. The van der Waals surface area contributed by atoms with Gasteiger partial charge in [-0.1, -0.05) is 19.1 Å². The van der Waals surface area contributed by atoms with Crippen molar-refractivity contribution in [3.05, 3.63) is 29.8 Å². The first-order valence-corrected chi connectivity index (χ1v) is 11.5. The van der Waals surface area contributed by atoms with Crippen molar-refractivity contribution >= 4 is 27.6 Å². The molecule has 8 heteroatoms. The Morgan fingerprint density at radius 3 is 2.39 bits per heavy atom. The van der Waals surface area contributed by atoms with Crippen LogP contribution in [0.2, 0.25) is 0 Å². The Balaban J connectivity index is 2.20. The second kappa shape index (κ2) is 9.41. The molecule has 1 aliphatic heterocycles. The lowest BCUT2D eigenvalue weighted by atomic mass is 9.96. The van der Waals surface area contributed by atoms with Crippen LogP contribution in [-0.4, -0.2) is 57.2 Å². The number of hydrogen-bond acceptors (Lipinski definition) is 5. The fourth-order valence-corrected chi connectivity index (χ4v) is 4.81. The van der Waals surface area contributed by atoms with Crippen LogP contribution in [0.15, 0.2) is 24.3 Å². The van der Waals surface area contributed by atoms with Gasteiger partial charge in [0.25, 0.3) is 0 Å². The third kappa shape index (κ3) is 5.25. The highest BCUT2D eigenvalue weighted by atomic mass is 32.2. The fourth-order valence-electron chi connectivity index (χ4n) is 3.61. The van der Waals surface area contributed by atoms with Gasteiger partial charge in [-0.15, -0.1) is 0 Å². The quantitative estimate of drug-likeness (QED) is 0.644. The van der Waals surface area contributed by atoms with Gasteiger partial charge in [0.2, 0.25) is 15.9 Å². The summed E-state index contributed by atoms with van der Waals surface area (Å²) in [6, 6.07) is 6.33. The van der Waals surface area contributed by atoms with Crippen LogP contribution in [0.3, 0.4) is 0 Å². The van der Waals surface area contributed by atoms with Crippen molar-refractivity contribution in [2.75, 3.05) is 30.3 Å². The van der Waals surface area contributed by atoms with E-state index in [1.165, 1.54) is 4.31 Å². The maximum Gasteiger partial charge on any atom is 0.309 e. The van der Waals surface area contributed by atoms with E-state index in [4.69, 9.17) is 4.74 Å². The average molecular weight is 411 g/mol. The number of likely N-dealkylation sites (tertiary alicyclic amines) is 1. The first-order chi connectivity index (χ1) is 13.2. The van der Waals surface area contributed by atoms with Crippen LogP contribution in [0, 0.1) is 12.8 Å². The minimum atomic E-state index is -3.65. The molecule has 1 amide bonds. The fraction of sp³-hybridized carbons (Fsp3) is 0.600. The number of aryl methyl sites for hydroxylation is 1. The molecule has 1 saturated heterocycles. The molecule has 0 N–H and O–H groups in total. The Morgan fingerprint density at radius 2 is 1.89 bits per heavy atom. The SMILES string of the molecule is CCOC(=O)C1CCN(C(=O)[C@H](CC)N(c2cccc(C)c2)S(C)(=O)=O)CC1. The normalized spacial score (nSPS) is 16.5. The van der Waals surface area contributed by atoms with Gasteiger partial charge in [-0.05, 0) is 50.8 Å². The first-order valence-electron chi connectivity index (χ1n) is 9.70. The minimum Gasteiger partial charge on any atom is -0.466 e. The number of ether oxygens (including phenoxy) is 1. The van der Waals surface area contributed by atoms with Crippen LogP contribution < -0.4 is 4.31 Å². The number of carbonyl (C=O) groups excluding carboxylic acids is 2. The van der Waals surface area contributed by atoms with Crippen molar-refractivity contribution in [2.45, 2.75) is 46.1 Å². The zero-order valence-electron chi connectivity index (χ0n) is 17.1. The smallest absolute Gasteiger partial charge is 0.309 e. The zero-order chi connectivity index (χ0) is 20.9. The van der Waals surface area contributed by atoms with E-state index in [0.29, 0.717) is 44.6 Å². The topological polar surface area (TPSA) is 84.0 Å². The Morgan fingerprint density at radius 1 is 1.25 bits per heavy atom. The molecule has 28 heavy (non-hydrogen) atoms. The van der Waals surface area contributed by atoms with Crippen molar-refractivity contribution in [3.8, 4) is 0 Å². The number of benzene rings is 1. The molecular weight excluding hydrogens is 380 g/mol. The molecule has 0 bridgehead atoms. The van der Waals surface area contributed by atoms with Crippen LogP contribution in [0.25, 0.3) is 0 Å². The van der Waals surface area contributed by atoms with Gasteiger partial charge in [0.1, 0.15) is 6.04 Å². The molecule has 1 aliphatic rings. The Bertz CT molecular complexity index is 801. The van der Waals surface area contributed by atoms with Crippen molar-refractivity contribution in [3.63, 3.8) is 0 Å². The molecule has 0 saturated carbocycles. The monoisotopic (exact) mass is 410 g/mol. The number of esters is 1. The van der Waals surface area contributed by atoms with Gasteiger partial charge in [-0.2, -0.15) is 0 Å². The number of carbonyl (C=O) groups is 2. The van der Waals surface area contributed by atoms with Gasteiger partial charge in [0, 0.05) is 13.1 Å². The van der Waals surface area contributed by atoms with Crippen molar-refractivity contribution < 1.29 is 22.7 Å². The highest BCUT2D eigenvalue weighted by molar-refractivity contribution is 7.92. The predicted molar refractivity (Wildman–Crippen MR) is 109 cm³/mol. The van der Waals surface area contributed by atoms with E-state index in [1.807, 2.05) is 19.9 Å². The van der Waals surface area contributed by atoms with Gasteiger partial charge in [0.15, 0.2) is 0 Å². The molecule has 1 atom stereocenters. The third-order valence-electron chi connectivity index (χ3n) is 4.99. The molecule has 1 aromatic rings. The number of hydrogen-bond donors (Lipinski definition) is 0. The van der Waals surface area contributed by atoms with E-state index in [1.54, 1.807) is 30.0 Å². The van der Waals surface area contributed by atoms with E-state index in [0.717, 1.165) is 11.8 Å². The van der Waals surface area contributed by atoms with Gasteiger partial charge in [-0.25, -0.2) is 8.42 Å². The first kappa shape index (κ1) is 22.2. The van der Waals surface area contributed by atoms with Crippen LogP contribution in [0.1, 0.15) is 38.7 Å². The molecular formula is C20H30N2O5S. The van der Waals surface area contributed by atoms with Crippen molar-refractivity contribution in [1.82, 2.24) is 4.90 Å². The molecule has 0 unspecified atom stereocenters. The molecule has 1 aromatic carbocycles. The lowest BCUT2D eigenvalue weighted by molar-refractivity contribution is -0.151. The van der Waals surface area contributed by atoms with Crippen LogP contribution in [0.4, 0.5) is 5.69 Å². The molecule has 0 aliphatic carbocycles. The van der Waals surface area contributed by atoms with Gasteiger partial charge < -0.3 is 9.64 Å².